The fourth-order valence-corrected chi connectivity index (χ4v) is 3.03. The third kappa shape index (κ3) is 5.09. The van der Waals surface area contributed by atoms with Crippen LogP contribution in [-0.2, 0) is 15.7 Å². The van der Waals surface area contributed by atoms with E-state index in [4.69, 9.17) is 4.74 Å². The predicted octanol–water partition coefficient (Wildman–Crippen LogP) is 2.14. The van der Waals surface area contributed by atoms with E-state index in [-0.39, 0.29) is 25.0 Å². The molecule has 8 heteroatoms. The Bertz CT molecular complexity index is 575. The first-order valence-corrected chi connectivity index (χ1v) is 8.18. The number of hydrogen-bond acceptors (Lipinski definition) is 4. The van der Waals surface area contributed by atoms with Gasteiger partial charge in [-0.15, -0.1) is 0 Å². The zero-order valence-corrected chi connectivity index (χ0v) is 14.1. The Hall–Kier alpha value is -1.80. The lowest BCUT2D eigenvalue weighted by Crippen LogP contribution is -2.44. The normalized spacial score (nSPS) is 17.6. The van der Waals surface area contributed by atoms with Gasteiger partial charge in [0.15, 0.2) is 0 Å². The van der Waals surface area contributed by atoms with Gasteiger partial charge in [0.1, 0.15) is 0 Å². The van der Waals surface area contributed by atoms with Crippen molar-refractivity contribution in [3.8, 4) is 0 Å². The highest BCUT2D eigenvalue weighted by Gasteiger charge is 2.32. The van der Waals surface area contributed by atoms with E-state index in [0.717, 1.165) is 12.1 Å². The van der Waals surface area contributed by atoms with E-state index < -0.39 is 11.7 Å². The van der Waals surface area contributed by atoms with Gasteiger partial charge in [-0.3, -0.25) is 4.79 Å². The average molecular weight is 360 g/mol. The number of hydrogen-bond donors (Lipinski definition) is 1. The van der Waals surface area contributed by atoms with Crippen molar-refractivity contribution in [2.75, 3.05) is 44.9 Å². The third-order valence-corrected chi connectivity index (χ3v) is 4.33. The molecule has 0 aliphatic carbocycles. The van der Waals surface area contributed by atoms with Gasteiger partial charge in [-0.1, -0.05) is 6.07 Å². The Morgan fingerprint density at radius 3 is 2.68 bits per heavy atom. The molecule has 1 heterocycles. The number of amides is 1. The van der Waals surface area contributed by atoms with Crippen molar-refractivity contribution in [2.24, 2.45) is 0 Å². The van der Waals surface area contributed by atoms with Crippen molar-refractivity contribution in [1.82, 2.24) is 4.90 Å². The van der Waals surface area contributed by atoms with Crippen LogP contribution in [-0.4, -0.2) is 61.9 Å². The SMILES string of the molecule is COC[C@H](CCO)N1CCN(c2cccc(C(F)(F)F)c2)CCC1=O. The summed E-state index contributed by atoms with van der Waals surface area (Å²) in [6.07, 6.45) is -3.78. The molecule has 1 aromatic carbocycles. The molecule has 1 aliphatic rings. The van der Waals surface area contributed by atoms with Crippen LogP contribution in [0.1, 0.15) is 18.4 Å². The highest BCUT2D eigenvalue weighted by Crippen LogP contribution is 2.32. The summed E-state index contributed by atoms with van der Waals surface area (Å²) in [5.74, 6) is -0.0787. The summed E-state index contributed by atoms with van der Waals surface area (Å²) < 4.78 is 43.8. The summed E-state index contributed by atoms with van der Waals surface area (Å²) in [6, 6.07) is 4.91. The van der Waals surface area contributed by atoms with Gasteiger partial charge in [-0.25, -0.2) is 0 Å². The lowest BCUT2D eigenvalue weighted by Gasteiger charge is -2.30. The zero-order chi connectivity index (χ0) is 18.4. The maximum atomic E-state index is 12.9. The van der Waals surface area contributed by atoms with Crippen LogP contribution in [0.4, 0.5) is 18.9 Å². The summed E-state index contributed by atoms with van der Waals surface area (Å²) in [7, 11) is 1.53. The number of aliphatic hydroxyl groups excluding tert-OH is 1. The van der Waals surface area contributed by atoms with Gasteiger partial charge in [0.05, 0.1) is 18.2 Å². The number of benzene rings is 1. The van der Waals surface area contributed by atoms with Crippen LogP contribution in [0.15, 0.2) is 24.3 Å². The molecule has 0 bridgehead atoms. The molecule has 0 unspecified atom stereocenters. The quantitative estimate of drug-likeness (QED) is 0.845. The van der Waals surface area contributed by atoms with E-state index in [1.165, 1.54) is 13.2 Å². The molecule has 1 aliphatic heterocycles. The van der Waals surface area contributed by atoms with Crippen LogP contribution in [0.5, 0.6) is 0 Å². The first-order chi connectivity index (χ1) is 11.9. The van der Waals surface area contributed by atoms with E-state index >= 15 is 0 Å². The van der Waals surface area contributed by atoms with Gasteiger partial charge in [0.25, 0.3) is 0 Å². The van der Waals surface area contributed by atoms with Gasteiger partial charge in [0, 0.05) is 45.5 Å². The number of rotatable bonds is 6. The van der Waals surface area contributed by atoms with Gasteiger partial charge >= 0.3 is 6.18 Å². The molecule has 0 spiro atoms. The number of anilines is 1. The fraction of sp³-hybridized carbons (Fsp3) is 0.588. The van der Waals surface area contributed by atoms with Crippen LogP contribution in [0.25, 0.3) is 0 Å². The zero-order valence-electron chi connectivity index (χ0n) is 14.1. The minimum Gasteiger partial charge on any atom is -0.396 e. The first-order valence-electron chi connectivity index (χ1n) is 8.18. The van der Waals surface area contributed by atoms with Gasteiger partial charge in [0.2, 0.25) is 5.91 Å². The van der Waals surface area contributed by atoms with Crippen molar-refractivity contribution in [3.63, 3.8) is 0 Å². The van der Waals surface area contributed by atoms with Crippen LogP contribution in [0.2, 0.25) is 0 Å². The van der Waals surface area contributed by atoms with Crippen LogP contribution in [0.3, 0.4) is 0 Å². The molecule has 1 aromatic rings. The molecule has 0 saturated carbocycles. The van der Waals surface area contributed by atoms with Crippen molar-refractivity contribution in [2.45, 2.75) is 25.1 Å². The van der Waals surface area contributed by atoms with Gasteiger partial charge < -0.3 is 19.6 Å². The molecular formula is C17H23F3N2O3. The molecule has 0 aromatic heterocycles. The number of carbonyl (C=O) groups excluding carboxylic acids is 1. The van der Waals surface area contributed by atoms with Crippen molar-refractivity contribution >= 4 is 11.6 Å². The Kier molecular flexibility index (Phi) is 6.66. The second-order valence-corrected chi connectivity index (χ2v) is 5.99. The predicted molar refractivity (Wildman–Crippen MR) is 87.4 cm³/mol. The molecule has 5 nitrogen and oxygen atoms in total. The highest BCUT2D eigenvalue weighted by molar-refractivity contribution is 5.78. The Labute approximate surface area is 145 Å². The number of methoxy groups -OCH3 is 1. The molecule has 1 N–H and O–H groups in total. The molecule has 1 saturated heterocycles. The maximum Gasteiger partial charge on any atom is 0.416 e. The fourth-order valence-electron chi connectivity index (χ4n) is 3.03. The second kappa shape index (κ2) is 8.53. The van der Waals surface area contributed by atoms with Crippen molar-refractivity contribution < 1.29 is 27.8 Å². The van der Waals surface area contributed by atoms with Crippen LogP contribution < -0.4 is 4.90 Å². The minimum atomic E-state index is -4.39. The number of carbonyl (C=O) groups is 1. The Morgan fingerprint density at radius 1 is 1.28 bits per heavy atom. The highest BCUT2D eigenvalue weighted by atomic mass is 19.4. The molecule has 1 fully saturated rings. The van der Waals surface area contributed by atoms with E-state index in [0.29, 0.717) is 38.3 Å². The number of aliphatic hydroxyl groups is 1. The van der Waals surface area contributed by atoms with E-state index in [9.17, 15) is 23.1 Å². The molecule has 1 amide bonds. The van der Waals surface area contributed by atoms with E-state index in [1.807, 2.05) is 0 Å². The third-order valence-electron chi connectivity index (χ3n) is 4.33. The molecular weight excluding hydrogens is 337 g/mol. The van der Waals surface area contributed by atoms with Crippen LogP contribution in [0, 0.1) is 0 Å². The largest absolute Gasteiger partial charge is 0.416 e. The summed E-state index contributed by atoms with van der Waals surface area (Å²) in [4.78, 5) is 15.8. The number of ether oxygens (including phenoxy) is 1. The maximum absolute atomic E-state index is 12.9. The average Bonchev–Trinajstić information content (AvgIpc) is 2.76. The lowest BCUT2D eigenvalue weighted by molar-refractivity contribution is -0.137. The molecule has 1 atom stereocenters. The minimum absolute atomic E-state index is 0.0604. The Morgan fingerprint density at radius 2 is 2.04 bits per heavy atom. The summed E-state index contributed by atoms with van der Waals surface area (Å²) in [5, 5.41) is 9.18. The number of halogens is 3. The second-order valence-electron chi connectivity index (χ2n) is 5.99. The monoisotopic (exact) mass is 360 g/mol. The Balaban J connectivity index is 2.13. The van der Waals surface area contributed by atoms with Gasteiger partial charge in [-0.05, 0) is 24.6 Å². The topological polar surface area (TPSA) is 53.0 Å². The van der Waals surface area contributed by atoms with E-state index in [2.05, 4.69) is 0 Å². The molecule has 25 heavy (non-hydrogen) atoms. The smallest absolute Gasteiger partial charge is 0.396 e. The summed E-state index contributed by atoms with van der Waals surface area (Å²) in [5.41, 5.74) is -0.245. The standard InChI is InChI=1S/C17H23F3N2O3/c1-25-12-15(6-10-23)22-9-8-21(7-5-16(22)24)14-4-2-3-13(11-14)17(18,19)20/h2-4,11,15,23H,5-10,12H2,1H3/t15-/m0/s1. The van der Waals surface area contributed by atoms with Crippen LogP contribution >= 0.6 is 0 Å². The summed E-state index contributed by atoms with van der Waals surface area (Å²) >= 11 is 0. The van der Waals surface area contributed by atoms with Crippen molar-refractivity contribution in [1.29, 1.82) is 0 Å². The first kappa shape index (κ1) is 19.5. The van der Waals surface area contributed by atoms with E-state index in [1.54, 1.807) is 15.9 Å². The molecule has 2 rings (SSSR count). The lowest BCUT2D eigenvalue weighted by atomic mass is 10.1. The van der Waals surface area contributed by atoms with Crippen molar-refractivity contribution in [3.05, 3.63) is 29.8 Å². The number of alkyl halides is 3. The van der Waals surface area contributed by atoms with Gasteiger partial charge in [-0.2, -0.15) is 13.2 Å². The summed E-state index contributed by atoms with van der Waals surface area (Å²) in [6.45, 7) is 1.42. The molecule has 0 radical (unpaired) electrons. The molecule has 140 valence electrons. The number of nitrogens with zero attached hydrogens (tertiary/aromatic N) is 2.